The van der Waals surface area contributed by atoms with Gasteiger partial charge in [-0.15, -0.1) is 0 Å². The van der Waals surface area contributed by atoms with Crippen LogP contribution in [0.2, 0.25) is 5.02 Å². The second kappa shape index (κ2) is 8.29. The van der Waals surface area contributed by atoms with E-state index in [9.17, 15) is 4.79 Å². The number of fused-ring (bicyclic) bond motifs is 1. The summed E-state index contributed by atoms with van der Waals surface area (Å²) >= 11 is 6.11. The van der Waals surface area contributed by atoms with Crippen molar-refractivity contribution in [3.63, 3.8) is 0 Å². The first-order valence-electron chi connectivity index (χ1n) is 10.1. The second-order valence-electron chi connectivity index (χ2n) is 7.39. The van der Waals surface area contributed by atoms with Gasteiger partial charge in [0, 0.05) is 16.6 Å². The Morgan fingerprint density at radius 1 is 0.969 bits per heavy atom. The number of hydrogen-bond acceptors (Lipinski definition) is 4. The summed E-state index contributed by atoms with van der Waals surface area (Å²) in [6.45, 7) is 1.99. The Kier molecular flexibility index (Phi) is 5.17. The van der Waals surface area contributed by atoms with E-state index in [-0.39, 0.29) is 17.6 Å². The van der Waals surface area contributed by atoms with E-state index in [1.54, 1.807) is 24.4 Å². The highest BCUT2D eigenvalue weighted by atomic mass is 35.5. The maximum Gasteiger partial charge on any atom is 0.310 e. The third-order valence-electron chi connectivity index (χ3n) is 5.07. The van der Waals surface area contributed by atoms with E-state index in [0.717, 1.165) is 16.5 Å². The molecule has 1 amide bonds. The Morgan fingerprint density at radius 3 is 2.56 bits per heavy atom. The number of aliphatic imine (C=N–C) groups is 1. The van der Waals surface area contributed by atoms with Crippen LogP contribution in [-0.4, -0.2) is 16.9 Å². The van der Waals surface area contributed by atoms with E-state index in [2.05, 4.69) is 9.98 Å². The summed E-state index contributed by atoms with van der Waals surface area (Å²) in [5.74, 6) is 0.243. The fourth-order valence-electron chi connectivity index (χ4n) is 3.50. The lowest BCUT2D eigenvalue weighted by Gasteiger charge is -2.18. The predicted octanol–water partition coefficient (Wildman–Crippen LogP) is 6.02. The van der Waals surface area contributed by atoms with Crippen LogP contribution in [0.4, 0.5) is 5.69 Å². The Morgan fingerprint density at radius 2 is 1.75 bits per heavy atom. The molecule has 4 aromatic rings. The van der Waals surface area contributed by atoms with Gasteiger partial charge in [0.25, 0.3) is 5.91 Å². The number of aromatic nitrogens is 1. The number of rotatable bonds is 3. The summed E-state index contributed by atoms with van der Waals surface area (Å²) < 4.78 is 6.17. The molecule has 5 nitrogen and oxygen atoms in total. The minimum atomic E-state index is -0.281. The topological polar surface area (TPSA) is 54.8 Å². The quantitative estimate of drug-likeness (QED) is 0.367. The van der Waals surface area contributed by atoms with Gasteiger partial charge in [0.05, 0.1) is 5.69 Å². The number of aryl methyl sites for hydroxylation is 1. The number of para-hydroxylation sites is 1. The van der Waals surface area contributed by atoms with Gasteiger partial charge in [0.1, 0.15) is 11.2 Å². The smallest absolute Gasteiger partial charge is 0.310 e. The molecule has 1 aromatic heterocycles. The van der Waals surface area contributed by atoms with Gasteiger partial charge in [-0.25, -0.2) is 4.90 Å². The molecule has 156 valence electrons. The number of pyridine rings is 1. The molecular formula is C26H18ClN3O2. The predicted molar refractivity (Wildman–Crippen MR) is 128 cm³/mol. The maximum atomic E-state index is 13.4. The summed E-state index contributed by atoms with van der Waals surface area (Å²) in [6, 6.07) is 24.5. The molecule has 0 saturated heterocycles. The number of ether oxygens (including phenoxy) is 1. The summed E-state index contributed by atoms with van der Waals surface area (Å²) in [6.07, 6.45) is 3.41. The van der Waals surface area contributed by atoms with Crippen molar-refractivity contribution in [3.8, 4) is 5.75 Å². The summed E-state index contributed by atoms with van der Waals surface area (Å²) in [7, 11) is 0. The first kappa shape index (κ1) is 20.0. The molecule has 0 saturated carbocycles. The van der Waals surface area contributed by atoms with Gasteiger partial charge in [0.15, 0.2) is 5.75 Å². The fourth-order valence-corrected chi connectivity index (χ4v) is 3.70. The third kappa shape index (κ3) is 3.86. The van der Waals surface area contributed by atoms with Crippen LogP contribution in [0.1, 0.15) is 11.1 Å². The van der Waals surface area contributed by atoms with Gasteiger partial charge in [0.2, 0.25) is 0 Å². The molecule has 0 atom stereocenters. The van der Waals surface area contributed by atoms with Gasteiger partial charge >= 0.3 is 6.02 Å². The monoisotopic (exact) mass is 439 g/mol. The minimum absolute atomic E-state index is 0.172. The van der Waals surface area contributed by atoms with Crippen LogP contribution in [0.5, 0.6) is 5.75 Å². The van der Waals surface area contributed by atoms with E-state index in [1.165, 1.54) is 4.90 Å². The summed E-state index contributed by atoms with van der Waals surface area (Å²) in [4.78, 5) is 23.8. The highest BCUT2D eigenvalue weighted by Crippen LogP contribution is 2.29. The molecule has 0 fully saturated rings. The first-order valence-corrected chi connectivity index (χ1v) is 10.4. The number of halogens is 1. The number of benzene rings is 3. The van der Waals surface area contributed by atoms with E-state index >= 15 is 0 Å². The maximum absolute atomic E-state index is 13.4. The summed E-state index contributed by atoms with van der Waals surface area (Å²) in [5.41, 5.74) is 3.49. The van der Waals surface area contributed by atoms with Crippen LogP contribution in [0.15, 0.2) is 95.7 Å². The third-order valence-corrected chi connectivity index (χ3v) is 5.31. The van der Waals surface area contributed by atoms with Crippen molar-refractivity contribution in [1.82, 2.24) is 4.98 Å². The van der Waals surface area contributed by atoms with E-state index in [0.29, 0.717) is 22.0 Å². The molecule has 0 radical (unpaired) electrons. The van der Waals surface area contributed by atoms with Gasteiger partial charge in [-0.1, -0.05) is 59.6 Å². The van der Waals surface area contributed by atoms with E-state index < -0.39 is 0 Å². The molecule has 32 heavy (non-hydrogen) atoms. The molecule has 0 bridgehead atoms. The lowest BCUT2D eigenvalue weighted by atomic mass is 10.2. The zero-order chi connectivity index (χ0) is 22.1. The van der Waals surface area contributed by atoms with Crippen LogP contribution >= 0.6 is 11.6 Å². The largest absolute Gasteiger partial charge is 0.423 e. The van der Waals surface area contributed by atoms with Gasteiger partial charge in [-0.3, -0.25) is 9.78 Å². The fraction of sp³-hybridized carbons (Fsp3) is 0.0385. The average Bonchev–Trinajstić information content (AvgIpc) is 3.09. The molecule has 1 aliphatic rings. The van der Waals surface area contributed by atoms with Crippen LogP contribution in [0.3, 0.4) is 0 Å². The lowest BCUT2D eigenvalue weighted by Crippen LogP contribution is -2.35. The van der Waals surface area contributed by atoms with Crippen LogP contribution < -0.4 is 9.64 Å². The number of amides is 1. The number of nitrogens with zero attached hydrogens (tertiary/aromatic N) is 3. The Labute approximate surface area is 190 Å². The van der Waals surface area contributed by atoms with Crippen molar-refractivity contribution in [3.05, 3.63) is 107 Å². The Bertz CT molecular complexity index is 1390. The van der Waals surface area contributed by atoms with Crippen molar-refractivity contribution in [2.24, 2.45) is 4.99 Å². The number of amidine groups is 1. The molecular weight excluding hydrogens is 422 g/mol. The number of hydrogen-bond donors (Lipinski definition) is 0. The molecule has 3 aromatic carbocycles. The first-order chi connectivity index (χ1) is 15.6. The second-order valence-corrected chi connectivity index (χ2v) is 7.82. The minimum Gasteiger partial charge on any atom is -0.423 e. The average molecular weight is 440 g/mol. The van der Waals surface area contributed by atoms with Gasteiger partial charge in [-0.05, 0) is 55.0 Å². The molecule has 1 aliphatic heterocycles. The Hall–Kier alpha value is -3.96. The molecule has 0 spiro atoms. The molecule has 2 heterocycles. The Balaban J connectivity index is 1.59. The highest BCUT2D eigenvalue weighted by molar-refractivity contribution is 6.31. The highest BCUT2D eigenvalue weighted by Gasteiger charge is 2.34. The van der Waals surface area contributed by atoms with Crippen LogP contribution in [0, 0.1) is 6.92 Å². The van der Waals surface area contributed by atoms with E-state index in [1.807, 2.05) is 73.7 Å². The zero-order valence-electron chi connectivity index (χ0n) is 17.2. The van der Waals surface area contributed by atoms with Crippen molar-refractivity contribution >= 4 is 46.2 Å². The van der Waals surface area contributed by atoms with Crippen LogP contribution in [-0.2, 0) is 4.79 Å². The van der Waals surface area contributed by atoms with Gasteiger partial charge < -0.3 is 4.74 Å². The zero-order valence-corrected chi connectivity index (χ0v) is 18.0. The summed E-state index contributed by atoms with van der Waals surface area (Å²) in [5, 5.41) is 1.52. The lowest BCUT2D eigenvalue weighted by molar-refractivity contribution is -0.113. The standard InChI is InChI=1S/C26H18ClN3O2/c1-17-10-12-21(13-11-17)30-25(31)22(16-18-5-2-8-20(27)15-18)29-26(30)32-23-9-3-6-19-7-4-14-28-24(19)23/h2-16H,1H3. The molecule has 0 unspecified atom stereocenters. The van der Waals surface area contributed by atoms with Crippen molar-refractivity contribution in [1.29, 1.82) is 0 Å². The van der Waals surface area contributed by atoms with E-state index in [4.69, 9.17) is 16.3 Å². The molecule has 5 rings (SSSR count). The van der Waals surface area contributed by atoms with Crippen molar-refractivity contribution < 1.29 is 9.53 Å². The normalized spacial score (nSPS) is 14.8. The molecule has 0 N–H and O–H groups in total. The SMILES string of the molecule is Cc1ccc(N2C(=O)C(=Cc3cccc(Cl)c3)N=C2Oc2cccc3cccnc23)cc1. The van der Waals surface area contributed by atoms with Crippen LogP contribution in [0.25, 0.3) is 17.0 Å². The number of anilines is 1. The number of carbonyl (C=O) groups excluding carboxylic acids is 1. The van der Waals surface area contributed by atoms with Crippen molar-refractivity contribution in [2.75, 3.05) is 4.90 Å². The molecule has 6 heteroatoms. The van der Waals surface area contributed by atoms with Crippen molar-refractivity contribution in [2.45, 2.75) is 6.92 Å². The van der Waals surface area contributed by atoms with Gasteiger partial charge in [-0.2, -0.15) is 4.99 Å². The molecule has 0 aliphatic carbocycles. The number of carbonyl (C=O) groups is 1.